The number of rotatable bonds is 1. The second-order valence-corrected chi connectivity index (χ2v) is 4.51. The number of fused-ring (bicyclic) bond motifs is 1. The molecule has 0 atom stereocenters. The van der Waals surface area contributed by atoms with Crippen molar-refractivity contribution in [1.82, 2.24) is 0 Å². The molecule has 0 N–H and O–H groups in total. The predicted octanol–water partition coefficient (Wildman–Crippen LogP) is 4.62. The molecule has 0 aliphatic heterocycles. The highest BCUT2D eigenvalue weighted by Crippen LogP contribution is 2.51. The van der Waals surface area contributed by atoms with E-state index in [-0.39, 0.29) is 11.1 Å². The van der Waals surface area contributed by atoms with Crippen LogP contribution in [0.2, 0.25) is 0 Å². The first kappa shape index (κ1) is 11.8. The lowest BCUT2D eigenvalue weighted by Crippen LogP contribution is -2.11. The molecule has 88 valence electrons. The molecule has 0 radical (unpaired) electrons. The normalized spacial score (nSPS) is 19.5. The maximum Gasteiger partial charge on any atom is 0.299 e. The third-order valence-electron chi connectivity index (χ3n) is 2.89. The first-order valence-electron chi connectivity index (χ1n) is 5.40. The first-order valence-corrected chi connectivity index (χ1v) is 5.40. The number of benzene rings is 1. The monoisotopic (exact) mass is 232 g/mol. The van der Waals surface area contributed by atoms with Gasteiger partial charge < -0.3 is 0 Å². The van der Waals surface area contributed by atoms with Crippen LogP contribution in [0.1, 0.15) is 23.6 Å². The van der Waals surface area contributed by atoms with Crippen LogP contribution in [0.15, 0.2) is 48.6 Å². The van der Waals surface area contributed by atoms with Gasteiger partial charge in [0.25, 0.3) is 5.92 Å². The Kier molecular flexibility index (Phi) is 2.53. The highest BCUT2D eigenvalue weighted by Gasteiger charge is 2.46. The predicted molar refractivity (Wildman–Crippen MR) is 67.0 cm³/mol. The van der Waals surface area contributed by atoms with Crippen LogP contribution in [0.5, 0.6) is 0 Å². The molecule has 0 saturated heterocycles. The lowest BCUT2D eigenvalue weighted by molar-refractivity contribution is 0.0478. The maximum absolute atomic E-state index is 14.2. The summed E-state index contributed by atoms with van der Waals surface area (Å²) < 4.78 is 28.4. The number of halogens is 2. The van der Waals surface area contributed by atoms with Crippen LogP contribution in [-0.4, -0.2) is 0 Å². The Labute approximate surface area is 100.0 Å². The van der Waals surface area contributed by atoms with Crippen molar-refractivity contribution in [2.45, 2.75) is 19.8 Å². The van der Waals surface area contributed by atoms with Gasteiger partial charge in [-0.25, -0.2) is 0 Å². The zero-order valence-electron chi connectivity index (χ0n) is 9.98. The van der Waals surface area contributed by atoms with Gasteiger partial charge in [0.15, 0.2) is 0 Å². The summed E-state index contributed by atoms with van der Waals surface area (Å²) in [6, 6.07) is 5.06. The molecule has 0 heterocycles. The van der Waals surface area contributed by atoms with E-state index >= 15 is 0 Å². The summed E-state index contributed by atoms with van der Waals surface area (Å²) in [4.78, 5) is 0. The Morgan fingerprint density at radius 1 is 1.35 bits per heavy atom. The molecule has 0 unspecified atom stereocenters. The maximum atomic E-state index is 14.2. The summed E-state index contributed by atoms with van der Waals surface area (Å²) in [5.41, 5.74) is 2.37. The zero-order valence-corrected chi connectivity index (χ0v) is 9.98. The van der Waals surface area contributed by atoms with Crippen LogP contribution in [0.3, 0.4) is 0 Å². The summed E-state index contributed by atoms with van der Waals surface area (Å²) in [5.74, 6) is -2.96. The van der Waals surface area contributed by atoms with E-state index in [2.05, 4.69) is 13.2 Å². The number of hydrogen-bond donors (Lipinski definition) is 0. The van der Waals surface area contributed by atoms with Gasteiger partial charge in [-0.15, -0.1) is 0 Å². The van der Waals surface area contributed by atoms with E-state index in [9.17, 15) is 8.78 Å². The third kappa shape index (κ3) is 1.74. The van der Waals surface area contributed by atoms with E-state index in [4.69, 9.17) is 0 Å². The van der Waals surface area contributed by atoms with E-state index in [1.807, 2.05) is 6.07 Å². The summed E-state index contributed by atoms with van der Waals surface area (Å²) >= 11 is 0. The molecule has 1 aliphatic carbocycles. The number of aryl methyl sites for hydroxylation is 1. The molecule has 0 saturated carbocycles. The lowest BCUT2D eigenvalue weighted by Gasteiger charge is -2.13. The number of allylic oxidation sites excluding steroid dienone is 4. The quantitative estimate of drug-likeness (QED) is 0.663. The van der Waals surface area contributed by atoms with Crippen LogP contribution in [0.4, 0.5) is 8.78 Å². The Bertz CT molecular complexity index is 548. The van der Waals surface area contributed by atoms with Crippen molar-refractivity contribution >= 4 is 5.57 Å². The fourth-order valence-electron chi connectivity index (χ4n) is 2.08. The molecular weight excluding hydrogens is 218 g/mol. The Balaban J connectivity index is 2.68. The minimum atomic E-state index is -2.96. The molecular formula is C15H14F2. The summed E-state index contributed by atoms with van der Waals surface area (Å²) in [7, 11) is 0. The van der Waals surface area contributed by atoms with Crippen LogP contribution in [-0.2, 0) is 5.92 Å². The van der Waals surface area contributed by atoms with E-state index < -0.39 is 5.92 Å². The molecule has 0 fully saturated rings. The van der Waals surface area contributed by atoms with Crippen molar-refractivity contribution in [2.75, 3.05) is 0 Å². The van der Waals surface area contributed by atoms with Gasteiger partial charge in [-0.2, -0.15) is 8.78 Å². The van der Waals surface area contributed by atoms with Crippen LogP contribution in [0, 0.1) is 6.92 Å². The highest BCUT2D eigenvalue weighted by atomic mass is 19.3. The largest absolute Gasteiger partial charge is 0.299 e. The molecule has 1 aromatic rings. The Hall–Kier alpha value is -1.70. The van der Waals surface area contributed by atoms with E-state index in [0.29, 0.717) is 16.7 Å². The van der Waals surface area contributed by atoms with Gasteiger partial charge >= 0.3 is 0 Å². The van der Waals surface area contributed by atoms with E-state index in [1.54, 1.807) is 19.9 Å². The summed E-state index contributed by atoms with van der Waals surface area (Å²) in [5, 5.41) is 0. The van der Waals surface area contributed by atoms with Crippen molar-refractivity contribution in [3.05, 3.63) is 65.3 Å². The molecule has 0 bridgehead atoms. The third-order valence-corrected chi connectivity index (χ3v) is 2.89. The molecule has 2 rings (SSSR count). The van der Waals surface area contributed by atoms with Crippen molar-refractivity contribution in [3.63, 3.8) is 0 Å². The fourth-order valence-corrected chi connectivity index (χ4v) is 2.08. The van der Waals surface area contributed by atoms with Gasteiger partial charge in [-0.3, -0.25) is 0 Å². The Morgan fingerprint density at radius 3 is 2.59 bits per heavy atom. The molecule has 1 aliphatic rings. The minimum Gasteiger partial charge on any atom is -0.196 e. The summed E-state index contributed by atoms with van der Waals surface area (Å²) in [6.45, 7) is 10.9. The second-order valence-electron chi connectivity index (χ2n) is 4.51. The zero-order chi connectivity index (χ0) is 12.8. The fraction of sp³-hybridized carbons (Fsp3) is 0.200. The molecule has 0 spiro atoms. The molecule has 0 amide bonds. The van der Waals surface area contributed by atoms with E-state index in [0.717, 1.165) is 5.56 Å². The lowest BCUT2D eigenvalue weighted by atomic mass is 10.0. The van der Waals surface area contributed by atoms with Crippen molar-refractivity contribution < 1.29 is 8.78 Å². The van der Waals surface area contributed by atoms with Crippen LogP contribution in [0.25, 0.3) is 5.57 Å². The first-order chi connectivity index (χ1) is 7.84. The van der Waals surface area contributed by atoms with Crippen molar-refractivity contribution in [1.29, 1.82) is 0 Å². The average Bonchev–Trinajstić information content (AvgIpc) is 2.40. The van der Waals surface area contributed by atoms with Crippen LogP contribution < -0.4 is 0 Å². The van der Waals surface area contributed by atoms with E-state index in [1.165, 1.54) is 12.1 Å². The van der Waals surface area contributed by atoms with Crippen molar-refractivity contribution in [3.8, 4) is 0 Å². The van der Waals surface area contributed by atoms with Gasteiger partial charge in [-0.1, -0.05) is 36.4 Å². The Morgan fingerprint density at radius 2 is 2.00 bits per heavy atom. The molecule has 17 heavy (non-hydrogen) atoms. The minimum absolute atomic E-state index is 0.0365. The molecule has 1 aromatic carbocycles. The second kappa shape index (κ2) is 3.66. The van der Waals surface area contributed by atoms with Crippen molar-refractivity contribution in [2.24, 2.45) is 0 Å². The highest BCUT2D eigenvalue weighted by molar-refractivity contribution is 5.87. The van der Waals surface area contributed by atoms with Gasteiger partial charge in [0.05, 0.1) is 0 Å². The smallest absolute Gasteiger partial charge is 0.196 e. The average molecular weight is 232 g/mol. The SMILES string of the molecule is C=C(C)/C=C1\C(=C)c2ccc(C)cc2C1(F)F. The molecule has 0 aromatic heterocycles. The van der Waals surface area contributed by atoms with Crippen LogP contribution >= 0.6 is 0 Å². The number of alkyl halides is 2. The number of hydrogen-bond acceptors (Lipinski definition) is 0. The van der Waals surface area contributed by atoms with Gasteiger partial charge in [0.1, 0.15) is 0 Å². The van der Waals surface area contributed by atoms with Gasteiger partial charge in [0.2, 0.25) is 0 Å². The standard InChI is InChI=1S/C15H14F2/c1-9(2)7-13-11(4)12-6-5-10(3)8-14(12)15(13,16)17/h5-8H,1,4H2,2-3H3/b13-7+. The topological polar surface area (TPSA) is 0 Å². The van der Waals surface area contributed by atoms with Gasteiger partial charge in [-0.05, 0) is 37.1 Å². The molecule has 0 nitrogen and oxygen atoms in total. The molecule has 2 heteroatoms. The van der Waals surface area contributed by atoms with Gasteiger partial charge in [0, 0.05) is 11.1 Å². The summed E-state index contributed by atoms with van der Waals surface area (Å²) in [6.07, 6.45) is 1.41.